The summed E-state index contributed by atoms with van der Waals surface area (Å²) in [6.07, 6.45) is 7.01. The molecular formula is C13H18BrClN2. The number of hydrogen-bond acceptors (Lipinski definition) is 2. The van der Waals surface area contributed by atoms with Crippen LogP contribution in [-0.2, 0) is 6.54 Å². The van der Waals surface area contributed by atoms with Gasteiger partial charge in [-0.2, -0.15) is 0 Å². The number of pyridine rings is 1. The van der Waals surface area contributed by atoms with Crippen LogP contribution in [0.5, 0.6) is 0 Å². The molecule has 1 aromatic rings. The third-order valence-electron chi connectivity index (χ3n) is 3.54. The second kappa shape index (κ2) is 6.17. The SMILES string of the molecule is ClCC1(CNCc2ccc(Br)cn2)CCCC1. The molecule has 0 unspecified atom stereocenters. The molecule has 0 spiro atoms. The summed E-state index contributed by atoms with van der Waals surface area (Å²) in [6, 6.07) is 4.07. The fraction of sp³-hybridized carbons (Fsp3) is 0.615. The lowest BCUT2D eigenvalue weighted by Crippen LogP contribution is -2.33. The molecular weight excluding hydrogens is 300 g/mol. The van der Waals surface area contributed by atoms with E-state index >= 15 is 0 Å². The Morgan fingerprint density at radius 3 is 2.71 bits per heavy atom. The number of aromatic nitrogens is 1. The number of rotatable bonds is 5. The Bertz CT molecular complexity index is 347. The molecule has 1 aliphatic rings. The smallest absolute Gasteiger partial charge is 0.0542 e. The number of halogens is 2. The summed E-state index contributed by atoms with van der Waals surface area (Å²) in [7, 11) is 0. The molecule has 1 N–H and O–H groups in total. The molecule has 2 nitrogen and oxygen atoms in total. The zero-order chi connectivity index (χ0) is 12.1. The van der Waals surface area contributed by atoms with Crippen LogP contribution < -0.4 is 5.32 Å². The highest BCUT2D eigenvalue weighted by Crippen LogP contribution is 2.38. The van der Waals surface area contributed by atoms with E-state index in [1.165, 1.54) is 25.7 Å². The molecule has 1 heterocycles. The van der Waals surface area contributed by atoms with Crippen molar-refractivity contribution in [3.63, 3.8) is 0 Å². The normalized spacial score (nSPS) is 18.5. The van der Waals surface area contributed by atoms with E-state index in [0.29, 0.717) is 5.41 Å². The summed E-state index contributed by atoms with van der Waals surface area (Å²) in [6.45, 7) is 1.83. The standard InChI is InChI=1S/C13H18BrClN2/c14-11-3-4-12(17-7-11)8-16-10-13(9-15)5-1-2-6-13/h3-4,7,16H,1-2,5-6,8-10H2. The maximum Gasteiger partial charge on any atom is 0.0542 e. The van der Waals surface area contributed by atoms with Gasteiger partial charge in [0.05, 0.1) is 5.69 Å². The zero-order valence-corrected chi connectivity index (χ0v) is 12.2. The Balaban J connectivity index is 1.80. The average Bonchev–Trinajstić information content (AvgIpc) is 2.81. The quantitative estimate of drug-likeness (QED) is 0.837. The maximum absolute atomic E-state index is 6.11. The van der Waals surface area contributed by atoms with E-state index in [4.69, 9.17) is 11.6 Å². The van der Waals surface area contributed by atoms with Crippen LogP contribution >= 0.6 is 27.5 Å². The van der Waals surface area contributed by atoms with E-state index in [0.717, 1.165) is 29.1 Å². The van der Waals surface area contributed by atoms with Crippen molar-refractivity contribution in [1.29, 1.82) is 0 Å². The summed E-state index contributed by atoms with van der Waals surface area (Å²) >= 11 is 9.49. The van der Waals surface area contributed by atoms with Gasteiger partial charge in [-0.25, -0.2) is 0 Å². The summed E-state index contributed by atoms with van der Waals surface area (Å²) < 4.78 is 1.02. The van der Waals surface area contributed by atoms with Gasteiger partial charge in [0.25, 0.3) is 0 Å². The van der Waals surface area contributed by atoms with Gasteiger partial charge in [-0.1, -0.05) is 12.8 Å². The van der Waals surface area contributed by atoms with Crippen molar-refractivity contribution in [1.82, 2.24) is 10.3 Å². The molecule has 0 saturated heterocycles. The fourth-order valence-electron chi connectivity index (χ4n) is 2.45. The van der Waals surface area contributed by atoms with Gasteiger partial charge < -0.3 is 5.32 Å². The molecule has 17 heavy (non-hydrogen) atoms. The average molecular weight is 318 g/mol. The molecule has 0 atom stereocenters. The van der Waals surface area contributed by atoms with Gasteiger partial charge >= 0.3 is 0 Å². The summed E-state index contributed by atoms with van der Waals surface area (Å²) in [5.74, 6) is 0.772. The highest BCUT2D eigenvalue weighted by molar-refractivity contribution is 9.10. The van der Waals surface area contributed by atoms with Crippen molar-refractivity contribution >= 4 is 27.5 Å². The topological polar surface area (TPSA) is 24.9 Å². The van der Waals surface area contributed by atoms with E-state index in [9.17, 15) is 0 Å². The van der Waals surface area contributed by atoms with E-state index in [1.807, 2.05) is 18.3 Å². The highest BCUT2D eigenvalue weighted by Gasteiger charge is 2.32. The second-order valence-corrected chi connectivity index (χ2v) is 6.09. The number of nitrogens with one attached hydrogen (secondary N) is 1. The van der Waals surface area contributed by atoms with Crippen LogP contribution in [0.25, 0.3) is 0 Å². The predicted octanol–water partition coefficient (Wildman–Crippen LogP) is 3.73. The Hall–Kier alpha value is -0.120. The molecule has 0 amide bonds. The molecule has 1 aromatic heterocycles. The van der Waals surface area contributed by atoms with E-state index in [-0.39, 0.29) is 0 Å². The Morgan fingerprint density at radius 1 is 1.35 bits per heavy atom. The van der Waals surface area contributed by atoms with Gasteiger partial charge in [0, 0.05) is 29.6 Å². The molecule has 1 fully saturated rings. The first kappa shape index (κ1) is 13.3. The minimum atomic E-state index is 0.330. The molecule has 0 radical (unpaired) electrons. The van der Waals surface area contributed by atoms with Gasteiger partial charge in [-0.3, -0.25) is 4.98 Å². The number of alkyl halides is 1. The molecule has 0 aromatic carbocycles. The Kier molecular flexibility index (Phi) is 4.83. The predicted molar refractivity (Wildman–Crippen MR) is 75.3 cm³/mol. The lowest BCUT2D eigenvalue weighted by Gasteiger charge is -2.26. The van der Waals surface area contributed by atoms with E-state index < -0.39 is 0 Å². The molecule has 0 bridgehead atoms. The van der Waals surface area contributed by atoms with Crippen LogP contribution in [0.4, 0.5) is 0 Å². The first-order valence-electron chi connectivity index (χ1n) is 6.11. The lowest BCUT2D eigenvalue weighted by atomic mass is 9.88. The Morgan fingerprint density at radius 2 is 2.12 bits per heavy atom. The van der Waals surface area contributed by atoms with Crippen LogP contribution in [0.15, 0.2) is 22.8 Å². The highest BCUT2D eigenvalue weighted by atomic mass is 79.9. The third-order valence-corrected chi connectivity index (χ3v) is 4.58. The largest absolute Gasteiger partial charge is 0.311 e. The monoisotopic (exact) mass is 316 g/mol. The molecule has 4 heteroatoms. The Labute approximate surface area is 116 Å². The maximum atomic E-state index is 6.11. The van der Waals surface area contributed by atoms with Gasteiger partial charge in [0.2, 0.25) is 0 Å². The minimum Gasteiger partial charge on any atom is -0.311 e. The third kappa shape index (κ3) is 3.67. The van der Waals surface area contributed by atoms with Crippen molar-refractivity contribution in [2.45, 2.75) is 32.2 Å². The van der Waals surface area contributed by atoms with Crippen molar-refractivity contribution in [2.75, 3.05) is 12.4 Å². The first-order chi connectivity index (χ1) is 8.24. The molecule has 1 saturated carbocycles. The first-order valence-corrected chi connectivity index (χ1v) is 7.44. The zero-order valence-electron chi connectivity index (χ0n) is 9.88. The van der Waals surface area contributed by atoms with Crippen molar-refractivity contribution < 1.29 is 0 Å². The second-order valence-electron chi connectivity index (χ2n) is 4.91. The van der Waals surface area contributed by atoms with Gasteiger partial charge in [0.15, 0.2) is 0 Å². The van der Waals surface area contributed by atoms with Crippen LogP contribution in [-0.4, -0.2) is 17.4 Å². The summed E-state index contributed by atoms with van der Waals surface area (Å²) in [5.41, 5.74) is 1.41. The van der Waals surface area contributed by atoms with Crippen LogP contribution in [0, 0.1) is 5.41 Å². The van der Waals surface area contributed by atoms with E-state index in [1.54, 1.807) is 0 Å². The minimum absolute atomic E-state index is 0.330. The van der Waals surface area contributed by atoms with Crippen LogP contribution in [0.2, 0.25) is 0 Å². The van der Waals surface area contributed by atoms with Crippen molar-refractivity contribution in [3.05, 3.63) is 28.5 Å². The number of nitrogens with zero attached hydrogens (tertiary/aromatic N) is 1. The lowest BCUT2D eigenvalue weighted by molar-refractivity contribution is 0.319. The van der Waals surface area contributed by atoms with Gasteiger partial charge in [-0.15, -0.1) is 11.6 Å². The van der Waals surface area contributed by atoms with E-state index in [2.05, 4.69) is 26.2 Å². The molecule has 1 aliphatic carbocycles. The fourth-order valence-corrected chi connectivity index (χ4v) is 3.05. The van der Waals surface area contributed by atoms with Crippen LogP contribution in [0.3, 0.4) is 0 Å². The van der Waals surface area contributed by atoms with Gasteiger partial charge in [0.1, 0.15) is 0 Å². The van der Waals surface area contributed by atoms with Crippen molar-refractivity contribution in [2.24, 2.45) is 5.41 Å². The van der Waals surface area contributed by atoms with Gasteiger partial charge in [-0.05, 0) is 46.3 Å². The molecule has 94 valence electrons. The summed E-state index contributed by atoms with van der Waals surface area (Å²) in [5, 5.41) is 3.49. The van der Waals surface area contributed by atoms with Crippen LogP contribution in [0.1, 0.15) is 31.4 Å². The number of hydrogen-bond donors (Lipinski definition) is 1. The molecule has 0 aliphatic heterocycles. The summed E-state index contributed by atoms with van der Waals surface area (Å²) in [4.78, 5) is 4.35. The molecule has 2 rings (SSSR count). The van der Waals surface area contributed by atoms with Crippen molar-refractivity contribution in [3.8, 4) is 0 Å².